The lowest BCUT2D eigenvalue weighted by molar-refractivity contribution is 0.818. The Hall–Kier alpha value is -2.29. The Morgan fingerprint density at radius 3 is 2.75 bits per heavy atom. The molecule has 0 amide bonds. The van der Waals surface area contributed by atoms with Crippen LogP contribution in [-0.2, 0) is 6.42 Å². The third kappa shape index (κ3) is 2.16. The lowest BCUT2D eigenvalue weighted by atomic mass is 10.2. The maximum absolute atomic E-state index is 5.87. The highest BCUT2D eigenvalue weighted by Gasteiger charge is 2.12. The number of aromatic nitrogens is 2. The van der Waals surface area contributed by atoms with E-state index in [-0.39, 0.29) is 0 Å². The van der Waals surface area contributed by atoms with E-state index in [1.54, 1.807) is 0 Å². The summed E-state index contributed by atoms with van der Waals surface area (Å²) in [6, 6.07) is 14.5. The molecule has 1 heterocycles. The number of anilines is 1. The molecule has 3 nitrogen and oxygen atoms in total. The van der Waals surface area contributed by atoms with Crippen molar-refractivity contribution in [1.82, 2.24) is 9.55 Å². The smallest absolute Gasteiger partial charge is 0.114 e. The van der Waals surface area contributed by atoms with Crippen LogP contribution in [0, 0.1) is 6.92 Å². The largest absolute Gasteiger partial charge is 0.399 e. The zero-order chi connectivity index (χ0) is 14.1. The fourth-order valence-electron chi connectivity index (χ4n) is 2.59. The lowest BCUT2D eigenvalue weighted by Crippen LogP contribution is -2.01. The first kappa shape index (κ1) is 12.7. The van der Waals surface area contributed by atoms with E-state index >= 15 is 0 Å². The zero-order valence-corrected chi connectivity index (χ0v) is 11.9. The number of hydrogen-bond donors (Lipinski definition) is 1. The van der Waals surface area contributed by atoms with Gasteiger partial charge in [0.2, 0.25) is 0 Å². The molecule has 0 saturated heterocycles. The van der Waals surface area contributed by atoms with Gasteiger partial charge in [-0.15, -0.1) is 0 Å². The highest BCUT2D eigenvalue weighted by Crippen LogP contribution is 2.24. The first-order chi connectivity index (χ1) is 9.69. The minimum absolute atomic E-state index is 0.759. The standard InChI is InChI=1S/C17H19N3/c1-3-5-17-19-15-11-13(18)8-9-16(15)20(17)14-7-4-6-12(2)10-14/h4,6-11H,3,5,18H2,1-2H3. The molecule has 102 valence electrons. The number of rotatable bonds is 3. The van der Waals surface area contributed by atoms with Crippen molar-refractivity contribution in [2.24, 2.45) is 0 Å². The van der Waals surface area contributed by atoms with Gasteiger partial charge >= 0.3 is 0 Å². The van der Waals surface area contributed by atoms with E-state index in [2.05, 4.69) is 48.7 Å². The van der Waals surface area contributed by atoms with E-state index in [9.17, 15) is 0 Å². The quantitative estimate of drug-likeness (QED) is 0.731. The third-order valence-electron chi connectivity index (χ3n) is 3.48. The minimum atomic E-state index is 0.759. The number of nitrogens with zero attached hydrogens (tertiary/aromatic N) is 2. The van der Waals surface area contributed by atoms with Crippen LogP contribution >= 0.6 is 0 Å². The molecule has 3 aromatic rings. The molecule has 0 fully saturated rings. The molecule has 2 aromatic carbocycles. The number of aryl methyl sites for hydroxylation is 2. The van der Waals surface area contributed by atoms with Gasteiger partial charge < -0.3 is 5.73 Å². The molecular formula is C17H19N3. The Balaban J connectivity index is 2.28. The molecule has 3 rings (SSSR count). The lowest BCUT2D eigenvalue weighted by Gasteiger charge is -2.09. The topological polar surface area (TPSA) is 43.8 Å². The maximum atomic E-state index is 5.87. The van der Waals surface area contributed by atoms with Gasteiger partial charge in [-0.1, -0.05) is 19.1 Å². The van der Waals surface area contributed by atoms with E-state index in [4.69, 9.17) is 10.7 Å². The van der Waals surface area contributed by atoms with Crippen molar-refractivity contribution < 1.29 is 0 Å². The molecule has 0 spiro atoms. The predicted octanol–water partition coefficient (Wildman–Crippen LogP) is 3.87. The van der Waals surface area contributed by atoms with Crippen molar-refractivity contribution in [3.63, 3.8) is 0 Å². The van der Waals surface area contributed by atoms with Crippen molar-refractivity contribution >= 4 is 16.7 Å². The first-order valence-corrected chi connectivity index (χ1v) is 7.03. The van der Waals surface area contributed by atoms with Gasteiger partial charge in [0.15, 0.2) is 0 Å². The van der Waals surface area contributed by atoms with Crippen LogP contribution in [0.2, 0.25) is 0 Å². The molecular weight excluding hydrogens is 246 g/mol. The summed E-state index contributed by atoms with van der Waals surface area (Å²) in [5.41, 5.74) is 11.1. The zero-order valence-electron chi connectivity index (χ0n) is 11.9. The van der Waals surface area contributed by atoms with Crippen LogP contribution in [0.3, 0.4) is 0 Å². The summed E-state index contributed by atoms with van der Waals surface area (Å²) in [6.45, 7) is 4.29. The first-order valence-electron chi connectivity index (χ1n) is 7.03. The summed E-state index contributed by atoms with van der Waals surface area (Å²) in [6.07, 6.45) is 2.03. The Kier molecular flexibility index (Phi) is 3.18. The van der Waals surface area contributed by atoms with Crippen molar-refractivity contribution in [2.75, 3.05) is 5.73 Å². The van der Waals surface area contributed by atoms with Crippen LogP contribution in [0.15, 0.2) is 42.5 Å². The molecule has 0 aliphatic carbocycles. The van der Waals surface area contributed by atoms with Gasteiger partial charge in [-0.05, 0) is 49.2 Å². The van der Waals surface area contributed by atoms with Crippen molar-refractivity contribution in [2.45, 2.75) is 26.7 Å². The molecule has 0 bridgehead atoms. The number of fused-ring (bicyclic) bond motifs is 1. The average molecular weight is 265 g/mol. The third-order valence-corrected chi connectivity index (χ3v) is 3.48. The highest BCUT2D eigenvalue weighted by molar-refractivity contribution is 5.81. The number of benzene rings is 2. The summed E-state index contributed by atoms with van der Waals surface area (Å²) in [5, 5.41) is 0. The van der Waals surface area contributed by atoms with Gasteiger partial charge in [0.05, 0.1) is 11.0 Å². The number of hydrogen-bond acceptors (Lipinski definition) is 2. The molecule has 2 N–H and O–H groups in total. The van der Waals surface area contributed by atoms with Crippen molar-refractivity contribution in [1.29, 1.82) is 0 Å². The van der Waals surface area contributed by atoms with Gasteiger partial charge in [0.25, 0.3) is 0 Å². The summed E-state index contributed by atoms with van der Waals surface area (Å²) < 4.78 is 2.24. The second kappa shape index (κ2) is 5.00. The van der Waals surface area contributed by atoms with Gasteiger partial charge in [-0.2, -0.15) is 0 Å². The fraction of sp³-hybridized carbons (Fsp3) is 0.235. The van der Waals surface area contributed by atoms with Gasteiger partial charge in [-0.25, -0.2) is 4.98 Å². The summed E-state index contributed by atoms with van der Waals surface area (Å²) in [5.74, 6) is 1.10. The van der Waals surface area contributed by atoms with Crippen molar-refractivity contribution in [3.05, 3.63) is 53.9 Å². The highest BCUT2D eigenvalue weighted by atomic mass is 15.1. The molecule has 0 unspecified atom stereocenters. The minimum Gasteiger partial charge on any atom is -0.399 e. The van der Waals surface area contributed by atoms with E-state index in [0.717, 1.165) is 35.4 Å². The summed E-state index contributed by atoms with van der Waals surface area (Å²) >= 11 is 0. The number of imidazole rings is 1. The molecule has 0 radical (unpaired) electrons. The van der Waals surface area contributed by atoms with E-state index < -0.39 is 0 Å². The van der Waals surface area contributed by atoms with Gasteiger partial charge in [0, 0.05) is 17.8 Å². The number of nitrogen functional groups attached to an aromatic ring is 1. The molecule has 1 aromatic heterocycles. The molecule has 0 saturated carbocycles. The average Bonchev–Trinajstić information content (AvgIpc) is 2.76. The second-order valence-electron chi connectivity index (χ2n) is 5.20. The normalized spacial score (nSPS) is 11.1. The van der Waals surface area contributed by atoms with Crippen LogP contribution in [0.25, 0.3) is 16.7 Å². The summed E-state index contributed by atoms with van der Waals surface area (Å²) in [4.78, 5) is 4.75. The Morgan fingerprint density at radius 2 is 2.00 bits per heavy atom. The molecule has 20 heavy (non-hydrogen) atoms. The maximum Gasteiger partial charge on any atom is 0.114 e. The van der Waals surface area contributed by atoms with Crippen LogP contribution in [-0.4, -0.2) is 9.55 Å². The van der Waals surface area contributed by atoms with Crippen LogP contribution in [0.4, 0.5) is 5.69 Å². The van der Waals surface area contributed by atoms with E-state index in [0.29, 0.717) is 0 Å². The molecule has 0 aliphatic heterocycles. The predicted molar refractivity (Wildman–Crippen MR) is 84.2 cm³/mol. The SMILES string of the molecule is CCCc1nc2cc(N)ccc2n1-c1cccc(C)c1. The Labute approximate surface area is 119 Å². The second-order valence-corrected chi connectivity index (χ2v) is 5.20. The van der Waals surface area contributed by atoms with Crippen LogP contribution < -0.4 is 5.73 Å². The van der Waals surface area contributed by atoms with E-state index in [1.807, 2.05) is 12.1 Å². The molecule has 0 aliphatic rings. The Morgan fingerprint density at radius 1 is 1.15 bits per heavy atom. The van der Waals surface area contributed by atoms with Crippen molar-refractivity contribution in [3.8, 4) is 5.69 Å². The van der Waals surface area contributed by atoms with Crippen LogP contribution in [0.1, 0.15) is 24.7 Å². The van der Waals surface area contributed by atoms with Gasteiger partial charge in [-0.3, -0.25) is 4.57 Å². The Bertz CT molecular complexity index is 756. The summed E-state index contributed by atoms with van der Waals surface area (Å²) in [7, 11) is 0. The van der Waals surface area contributed by atoms with Crippen LogP contribution in [0.5, 0.6) is 0 Å². The monoisotopic (exact) mass is 265 g/mol. The molecule has 3 heteroatoms. The number of nitrogens with two attached hydrogens (primary N) is 1. The van der Waals surface area contributed by atoms with E-state index in [1.165, 1.54) is 11.3 Å². The fourth-order valence-corrected chi connectivity index (χ4v) is 2.59. The van der Waals surface area contributed by atoms with Gasteiger partial charge in [0.1, 0.15) is 5.82 Å². The molecule has 0 atom stereocenters.